The summed E-state index contributed by atoms with van der Waals surface area (Å²) in [6.45, 7) is 3.61. The van der Waals surface area contributed by atoms with Crippen LogP contribution >= 0.6 is 11.6 Å². The minimum absolute atomic E-state index is 0.263. The highest BCUT2D eigenvalue weighted by atomic mass is 35.5. The largest absolute Gasteiger partial charge is 0.481 e. The average molecular weight is 493 g/mol. The number of amides is 1. The van der Waals surface area contributed by atoms with Crippen molar-refractivity contribution in [2.24, 2.45) is 0 Å². The number of nitrogens with one attached hydrogen (secondary N) is 1. The fourth-order valence-electron chi connectivity index (χ4n) is 3.58. The van der Waals surface area contributed by atoms with Gasteiger partial charge in [-0.05, 0) is 74.0 Å². The number of carbonyl (C=O) groups excluding carboxylic acids is 2. The summed E-state index contributed by atoms with van der Waals surface area (Å²) < 4.78 is 24.3. The molecule has 0 saturated heterocycles. The maximum atomic E-state index is 13.5. The van der Waals surface area contributed by atoms with Gasteiger partial charge in [-0.3, -0.25) is 9.78 Å². The molecule has 0 fully saturated rings. The van der Waals surface area contributed by atoms with Crippen LogP contribution in [-0.4, -0.2) is 29.6 Å². The predicted molar refractivity (Wildman–Crippen MR) is 133 cm³/mol. The number of esters is 1. The van der Waals surface area contributed by atoms with E-state index in [1.54, 1.807) is 62.5 Å². The van der Waals surface area contributed by atoms with Crippen LogP contribution in [0.4, 0.5) is 10.1 Å². The Labute approximate surface area is 206 Å². The van der Waals surface area contributed by atoms with E-state index in [9.17, 15) is 14.0 Å². The molecule has 1 heterocycles. The van der Waals surface area contributed by atoms with Crippen molar-refractivity contribution in [3.63, 3.8) is 0 Å². The minimum atomic E-state index is -0.826. The summed E-state index contributed by atoms with van der Waals surface area (Å²) in [5, 5.41) is 3.85. The van der Waals surface area contributed by atoms with Crippen molar-refractivity contribution in [2.75, 3.05) is 11.9 Å². The molecule has 8 heteroatoms. The third kappa shape index (κ3) is 5.58. The van der Waals surface area contributed by atoms with E-state index in [0.717, 1.165) is 10.9 Å². The lowest BCUT2D eigenvalue weighted by molar-refractivity contribution is -0.122. The summed E-state index contributed by atoms with van der Waals surface area (Å²) in [7, 11) is 0. The molecule has 35 heavy (non-hydrogen) atoms. The second-order valence-corrected chi connectivity index (χ2v) is 8.12. The van der Waals surface area contributed by atoms with Gasteiger partial charge < -0.3 is 14.8 Å². The van der Waals surface area contributed by atoms with Crippen molar-refractivity contribution in [1.29, 1.82) is 0 Å². The van der Waals surface area contributed by atoms with Gasteiger partial charge in [-0.1, -0.05) is 17.7 Å². The smallest absolute Gasteiger partial charge is 0.338 e. The van der Waals surface area contributed by atoms with Crippen molar-refractivity contribution >= 4 is 40.1 Å². The third-order valence-corrected chi connectivity index (χ3v) is 5.57. The molecule has 0 spiro atoms. The van der Waals surface area contributed by atoms with Crippen LogP contribution in [0.25, 0.3) is 22.0 Å². The average Bonchev–Trinajstić information content (AvgIpc) is 2.84. The number of rotatable bonds is 7. The van der Waals surface area contributed by atoms with E-state index in [-0.39, 0.29) is 12.5 Å². The molecular weight excluding hydrogens is 471 g/mol. The molecule has 4 aromatic rings. The van der Waals surface area contributed by atoms with E-state index in [1.807, 2.05) is 12.1 Å². The van der Waals surface area contributed by atoms with Gasteiger partial charge in [-0.2, -0.15) is 0 Å². The zero-order valence-corrected chi connectivity index (χ0v) is 19.8. The van der Waals surface area contributed by atoms with Crippen molar-refractivity contribution in [2.45, 2.75) is 20.0 Å². The molecule has 0 saturated carbocycles. The zero-order valence-electron chi connectivity index (χ0n) is 19.0. The topological polar surface area (TPSA) is 77.5 Å². The molecule has 4 rings (SSSR count). The second kappa shape index (κ2) is 10.5. The SMILES string of the molecule is CCOC(=O)c1cccc(NC(=O)C(C)Oc2ccc3c(-c4ccc(F)cc4Cl)ccnc3c2)c1. The molecule has 3 aromatic carbocycles. The van der Waals surface area contributed by atoms with Crippen LogP contribution < -0.4 is 10.1 Å². The molecule has 6 nitrogen and oxygen atoms in total. The van der Waals surface area contributed by atoms with Gasteiger partial charge in [0.2, 0.25) is 0 Å². The lowest BCUT2D eigenvalue weighted by Gasteiger charge is -2.16. The van der Waals surface area contributed by atoms with Crippen molar-refractivity contribution < 1.29 is 23.5 Å². The molecule has 0 bridgehead atoms. The first-order valence-electron chi connectivity index (χ1n) is 10.9. The van der Waals surface area contributed by atoms with Crippen LogP contribution in [0.2, 0.25) is 5.02 Å². The molecule has 0 radical (unpaired) electrons. The van der Waals surface area contributed by atoms with Crippen LogP contribution in [0, 0.1) is 5.82 Å². The van der Waals surface area contributed by atoms with E-state index < -0.39 is 17.9 Å². The van der Waals surface area contributed by atoms with Gasteiger partial charge in [-0.15, -0.1) is 0 Å². The maximum absolute atomic E-state index is 13.5. The molecule has 0 aliphatic carbocycles. The van der Waals surface area contributed by atoms with Crippen molar-refractivity contribution in [3.8, 4) is 16.9 Å². The lowest BCUT2D eigenvalue weighted by Crippen LogP contribution is -2.30. The zero-order chi connectivity index (χ0) is 24.9. The Bertz CT molecular complexity index is 1410. The number of benzene rings is 3. The summed E-state index contributed by atoms with van der Waals surface area (Å²) >= 11 is 6.25. The summed E-state index contributed by atoms with van der Waals surface area (Å²) in [6, 6.07) is 17.8. The van der Waals surface area contributed by atoms with Crippen LogP contribution in [-0.2, 0) is 9.53 Å². The van der Waals surface area contributed by atoms with Crippen LogP contribution in [0.15, 0.2) is 72.9 Å². The first-order valence-corrected chi connectivity index (χ1v) is 11.3. The number of hydrogen-bond donors (Lipinski definition) is 1. The fourth-order valence-corrected chi connectivity index (χ4v) is 3.85. The van der Waals surface area contributed by atoms with E-state index in [4.69, 9.17) is 21.1 Å². The van der Waals surface area contributed by atoms with Crippen molar-refractivity contribution in [3.05, 3.63) is 89.3 Å². The summed E-state index contributed by atoms with van der Waals surface area (Å²) in [6.07, 6.45) is 0.807. The molecule has 1 aromatic heterocycles. The number of anilines is 1. The number of pyridine rings is 1. The Morgan fingerprint density at radius 1 is 1.06 bits per heavy atom. The number of halogens is 2. The Morgan fingerprint density at radius 3 is 2.66 bits per heavy atom. The first kappa shape index (κ1) is 24.2. The Morgan fingerprint density at radius 2 is 1.89 bits per heavy atom. The van der Waals surface area contributed by atoms with Crippen LogP contribution in [0.3, 0.4) is 0 Å². The molecule has 0 aliphatic rings. The van der Waals surface area contributed by atoms with Gasteiger partial charge in [-0.25, -0.2) is 9.18 Å². The predicted octanol–water partition coefficient (Wildman–Crippen LogP) is 6.28. The monoisotopic (exact) mass is 492 g/mol. The van der Waals surface area contributed by atoms with Gasteiger partial charge in [0.25, 0.3) is 5.91 Å². The van der Waals surface area contributed by atoms with E-state index >= 15 is 0 Å². The number of carbonyl (C=O) groups is 2. The molecule has 1 N–H and O–H groups in total. The fraction of sp³-hybridized carbons (Fsp3) is 0.148. The minimum Gasteiger partial charge on any atom is -0.481 e. The van der Waals surface area contributed by atoms with Gasteiger partial charge in [0.05, 0.1) is 22.7 Å². The molecule has 178 valence electrons. The molecular formula is C27H22ClFN2O4. The number of hydrogen-bond acceptors (Lipinski definition) is 5. The maximum Gasteiger partial charge on any atom is 0.338 e. The number of aromatic nitrogens is 1. The highest BCUT2D eigenvalue weighted by Gasteiger charge is 2.17. The van der Waals surface area contributed by atoms with E-state index in [2.05, 4.69) is 10.3 Å². The lowest BCUT2D eigenvalue weighted by atomic mass is 10.0. The van der Waals surface area contributed by atoms with E-state index in [0.29, 0.717) is 33.1 Å². The normalized spacial score (nSPS) is 11.7. The summed E-state index contributed by atoms with van der Waals surface area (Å²) in [5.41, 5.74) is 2.92. The second-order valence-electron chi connectivity index (χ2n) is 7.71. The number of fused-ring (bicyclic) bond motifs is 1. The van der Waals surface area contributed by atoms with Gasteiger partial charge >= 0.3 is 5.97 Å². The molecule has 1 atom stereocenters. The standard InChI is InChI=1S/C27H22ClFN2O4/c1-3-34-27(33)17-5-4-6-19(13-17)31-26(32)16(2)35-20-8-10-23-21(11-12-30-25(23)15-20)22-9-7-18(29)14-24(22)28/h4-16H,3H2,1-2H3,(H,31,32). The number of ether oxygens (including phenoxy) is 2. The van der Waals surface area contributed by atoms with Crippen LogP contribution in [0.1, 0.15) is 24.2 Å². The van der Waals surface area contributed by atoms with Crippen LogP contribution in [0.5, 0.6) is 5.75 Å². The molecule has 1 unspecified atom stereocenters. The van der Waals surface area contributed by atoms with Gasteiger partial charge in [0, 0.05) is 28.9 Å². The Kier molecular flexibility index (Phi) is 7.27. The summed E-state index contributed by atoms with van der Waals surface area (Å²) in [5.74, 6) is -0.799. The van der Waals surface area contributed by atoms with E-state index in [1.165, 1.54) is 12.1 Å². The molecule has 1 amide bonds. The Balaban J connectivity index is 1.50. The quantitative estimate of drug-likeness (QED) is 0.307. The first-order chi connectivity index (χ1) is 16.9. The highest BCUT2D eigenvalue weighted by molar-refractivity contribution is 6.33. The van der Waals surface area contributed by atoms with Crippen molar-refractivity contribution in [1.82, 2.24) is 4.98 Å². The molecule has 0 aliphatic heterocycles. The van der Waals surface area contributed by atoms with Gasteiger partial charge in [0.1, 0.15) is 11.6 Å². The van der Waals surface area contributed by atoms with Gasteiger partial charge in [0.15, 0.2) is 6.10 Å². The summed E-state index contributed by atoms with van der Waals surface area (Å²) in [4.78, 5) is 29.0. The highest BCUT2D eigenvalue weighted by Crippen LogP contribution is 2.34. The number of nitrogens with zero attached hydrogens (tertiary/aromatic N) is 1. The Hall–Kier alpha value is -3.97. The third-order valence-electron chi connectivity index (χ3n) is 5.26.